The van der Waals surface area contributed by atoms with E-state index in [0.717, 1.165) is 23.8 Å². The summed E-state index contributed by atoms with van der Waals surface area (Å²) in [6.45, 7) is 2.24. The van der Waals surface area contributed by atoms with Gasteiger partial charge in [0, 0.05) is 5.39 Å². The highest BCUT2D eigenvalue weighted by Crippen LogP contribution is 2.32. The van der Waals surface area contributed by atoms with Crippen LogP contribution in [0.2, 0.25) is 0 Å². The van der Waals surface area contributed by atoms with Crippen molar-refractivity contribution in [3.05, 3.63) is 54.1 Å². The summed E-state index contributed by atoms with van der Waals surface area (Å²) in [4.78, 5) is 0. The molecule has 1 aliphatic rings. The monoisotopic (exact) mass is 323 g/mol. The first-order valence-electron chi connectivity index (χ1n) is 8.19. The molecule has 0 radical (unpaired) electrons. The first-order valence-corrected chi connectivity index (χ1v) is 9.42. The number of benzene rings is 2. The molecule has 0 unspecified atom stereocenters. The van der Waals surface area contributed by atoms with Gasteiger partial charge in [-0.25, -0.2) is 4.68 Å². The average molecular weight is 323 g/mol. The Hall–Kier alpha value is -1.78. The Morgan fingerprint density at radius 1 is 1.09 bits per heavy atom. The van der Waals surface area contributed by atoms with E-state index in [1.807, 2.05) is 6.07 Å². The van der Waals surface area contributed by atoms with Gasteiger partial charge in [-0.3, -0.25) is 0 Å². The first kappa shape index (κ1) is 14.8. The van der Waals surface area contributed by atoms with Gasteiger partial charge in [-0.15, -0.1) is 11.8 Å². The first-order chi connectivity index (χ1) is 11.4. The van der Waals surface area contributed by atoms with E-state index < -0.39 is 0 Å². The van der Waals surface area contributed by atoms with Crippen molar-refractivity contribution in [1.82, 2.24) is 15.1 Å². The highest BCUT2D eigenvalue weighted by molar-refractivity contribution is 7.98. The summed E-state index contributed by atoms with van der Waals surface area (Å²) in [6, 6.07) is 17.3. The molecule has 2 heterocycles. The molecule has 0 atom stereocenters. The lowest BCUT2D eigenvalue weighted by Gasteiger charge is -2.23. The number of hydrogen-bond donors (Lipinski definition) is 1. The molecule has 0 spiro atoms. The highest BCUT2D eigenvalue weighted by Gasteiger charge is 2.18. The lowest BCUT2D eigenvalue weighted by Crippen LogP contribution is -2.26. The molecule has 2 aromatic carbocycles. The van der Waals surface area contributed by atoms with Crippen molar-refractivity contribution in [3.8, 4) is 5.69 Å². The van der Waals surface area contributed by atoms with E-state index >= 15 is 0 Å². The number of hydrogen-bond acceptors (Lipinski definition) is 3. The molecule has 1 fully saturated rings. The summed E-state index contributed by atoms with van der Waals surface area (Å²) < 4.78 is 2.09. The molecule has 1 N–H and O–H groups in total. The van der Waals surface area contributed by atoms with Gasteiger partial charge in [0.15, 0.2) is 0 Å². The number of fused-ring (bicyclic) bond motifs is 1. The molecule has 0 saturated carbocycles. The lowest BCUT2D eigenvalue weighted by atomic mass is 9.90. The van der Waals surface area contributed by atoms with Gasteiger partial charge < -0.3 is 5.32 Å². The van der Waals surface area contributed by atoms with Crippen LogP contribution >= 0.6 is 11.8 Å². The molecule has 3 nitrogen and oxygen atoms in total. The van der Waals surface area contributed by atoms with E-state index in [0.29, 0.717) is 5.92 Å². The minimum atomic E-state index is 0.664. The van der Waals surface area contributed by atoms with Crippen LogP contribution < -0.4 is 5.32 Å². The van der Waals surface area contributed by atoms with E-state index in [-0.39, 0.29) is 0 Å². The zero-order valence-electron chi connectivity index (χ0n) is 13.3. The van der Waals surface area contributed by atoms with Crippen LogP contribution in [0.1, 0.15) is 24.3 Å². The van der Waals surface area contributed by atoms with Crippen LogP contribution in [0.3, 0.4) is 0 Å². The van der Waals surface area contributed by atoms with Crippen LogP contribution in [0.25, 0.3) is 16.6 Å². The fraction of sp³-hybridized carbons (Fsp3) is 0.316. The van der Waals surface area contributed by atoms with Gasteiger partial charge in [0.2, 0.25) is 0 Å². The molecule has 1 saturated heterocycles. The second kappa shape index (κ2) is 6.38. The molecule has 0 amide bonds. The van der Waals surface area contributed by atoms with Crippen molar-refractivity contribution in [1.29, 1.82) is 0 Å². The van der Waals surface area contributed by atoms with Gasteiger partial charge in [0.05, 0.1) is 11.2 Å². The molecule has 4 rings (SSSR count). The lowest BCUT2D eigenvalue weighted by molar-refractivity contribution is 0.460. The predicted octanol–water partition coefficient (Wildman–Crippen LogP) is 4.21. The summed E-state index contributed by atoms with van der Waals surface area (Å²) in [5.74, 6) is 0.664. The van der Waals surface area contributed by atoms with Gasteiger partial charge >= 0.3 is 0 Å². The Morgan fingerprint density at radius 2 is 1.87 bits per heavy atom. The van der Waals surface area contributed by atoms with E-state index in [4.69, 9.17) is 5.10 Å². The minimum absolute atomic E-state index is 0.664. The molecule has 118 valence electrons. The number of piperidine rings is 1. The van der Waals surface area contributed by atoms with Crippen molar-refractivity contribution in [2.24, 2.45) is 0 Å². The van der Waals surface area contributed by atoms with Crippen LogP contribution in [-0.4, -0.2) is 29.1 Å². The van der Waals surface area contributed by atoms with Gasteiger partial charge in [0.1, 0.15) is 5.03 Å². The zero-order valence-corrected chi connectivity index (χ0v) is 14.1. The molecular formula is C19H21N3S. The topological polar surface area (TPSA) is 29.9 Å². The summed E-state index contributed by atoms with van der Waals surface area (Å²) in [5, 5.41) is 10.6. The van der Waals surface area contributed by atoms with E-state index in [2.05, 4.69) is 58.7 Å². The number of aromatic nitrogens is 2. The summed E-state index contributed by atoms with van der Waals surface area (Å²) in [7, 11) is 0. The minimum Gasteiger partial charge on any atom is -0.317 e. The second-order valence-corrected chi connectivity index (χ2v) is 6.85. The van der Waals surface area contributed by atoms with E-state index in [1.165, 1.54) is 29.3 Å². The van der Waals surface area contributed by atoms with E-state index in [9.17, 15) is 0 Å². The third kappa shape index (κ3) is 2.77. The Balaban J connectivity index is 1.85. The van der Waals surface area contributed by atoms with Gasteiger partial charge in [-0.1, -0.05) is 24.3 Å². The van der Waals surface area contributed by atoms with Crippen molar-refractivity contribution in [2.75, 3.05) is 19.3 Å². The Labute approximate surface area is 141 Å². The van der Waals surface area contributed by atoms with Gasteiger partial charge in [-0.05, 0) is 67.9 Å². The molecule has 0 aliphatic carbocycles. The zero-order chi connectivity index (χ0) is 15.6. The number of nitrogens with zero attached hydrogens (tertiary/aromatic N) is 2. The molecule has 0 bridgehead atoms. The largest absolute Gasteiger partial charge is 0.317 e. The standard InChI is InChI=1S/C19H21N3S/c1-23-19-17-8-7-15(14-9-11-20-12-10-14)13-18(17)22(21-19)16-5-3-2-4-6-16/h2-8,13-14,20H,9-12H2,1H3. The van der Waals surface area contributed by atoms with Crippen LogP contribution in [0.4, 0.5) is 0 Å². The number of thioether (sulfide) groups is 1. The van der Waals surface area contributed by atoms with Crippen molar-refractivity contribution in [2.45, 2.75) is 23.8 Å². The normalized spacial score (nSPS) is 16.0. The summed E-state index contributed by atoms with van der Waals surface area (Å²) in [5.41, 5.74) is 3.79. The van der Waals surface area contributed by atoms with Crippen LogP contribution in [0.5, 0.6) is 0 Å². The maximum atomic E-state index is 4.83. The van der Waals surface area contributed by atoms with Gasteiger partial charge in [-0.2, -0.15) is 5.10 Å². The van der Waals surface area contributed by atoms with Crippen molar-refractivity contribution in [3.63, 3.8) is 0 Å². The quantitative estimate of drug-likeness (QED) is 0.732. The van der Waals surface area contributed by atoms with E-state index in [1.54, 1.807) is 11.8 Å². The van der Waals surface area contributed by atoms with Crippen LogP contribution in [0, 0.1) is 0 Å². The highest BCUT2D eigenvalue weighted by atomic mass is 32.2. The third-order valence-electron chi connectivity index (χ3n) is 4.68. The predicted molar refractivity (Wildman–Crippen MR) is 97.7 cm³/mol. The Bertz CT molecular complexity index is 804. The van der Waals surface area contributed by atoms with Crippen LogP contribution in [-0.2, 0) is 0 Å². The summed E-state index contributed by atoms with van der Waals surface area (Å²) in [6.07, 6.45) is 4.54. The smallest absolute Gasteiger partial charge is 0.126 e. The van der Waals surface area contributed by atoms with Crippen molar-refractivity contribution >= 4 is 22.7 Å². The molecule has 4 heteroatoms. The third-order valence-corrected chi connectivity index (χ3v) is 5.36. The molecule has 1 aliphatic heterocycles. The summed E-state index contributed by atoms with van der Waals surface area (Å²) >= 11 is 1.71. The maximum Gasteiger partial charge on any atom is 0.126 e. The Kier molecular flexibility index (Phi) is 4.10. The van der Waals surface area contributed by atoms with Crippen LogP contribution in [0.15, 0.2) is 53.6 Å². The fourth-order valence-electron chi connectivity index (χ4n) is 3.43. The van der Waals surface area contributed by atoms with Gasteiger partial charge in [0.25, 0.3) is 0 Å². The number of nitrogens with one attached hydrogen (secondary N) is 1. The average Bonchev–Trinajstić information content (AvgIpc) is 3.01. The molecule has 1 aromatic heterocycles. The number of para-hydroxylation sites is 1. The molecule has 23 heavy (non-hydrogen) atoms. The number of rotatable bonds is 3. The second-order valence-electron chi connectivity index (χ2n) is 6.06. The Morgan fingerprint density at radius 3 is 2.61 bits per heavy atom. The molecular weight excluding hydrogens is 302 g/mol. The van der Waals surface area contributed by atoms with Crippen molar-refractivity contribution < 1.29 is 0 Å². The SMILES string of the molecule is CSc1nn(-c2ccccc2)c2cc(C3CCNCC3)ccc12. The fourth-order valence-corrected chi connectivity index (χ4v) is 3.99. The molecule has 3 aromatic rings. The maximum absolute atomic E-state index is 4.83.